The average Bonchev–Trinajstić information content (AvgIpc) is 2.64. The average molecular weight is 334 g/mol. The number of pyridine rings is 2. The second-order valence-electron chi connectivity index (χ2n) is 5.39. The molecule has 0 aliphatic carbocycles. The highest BCUT2D eigenvalue weighted by Crippen LogP contribution is 2.32. The van der Waals surface area contributed by atoms with Crippen LogP contribution in [0.4, 0.5) is 11.4 Å². The molecule has 0 saturated carbocycles. The number of aromatic nitrogens is 2. The molecule has 126 valence electrons. The van der Waals surface area contributed by atoms with Crippen molar-refractivity contribution in [2.75, 3.05) is 19.0 Å². The third kappa shape index (κ3) is 3.31. The number of aryl methyl sites for hydroxylation is 1. The number of hydrogen-bond donors (Lipinski definition) is 1. The molecule has 2 heterocycles. The van der Waals surface area contributed by atoms with Crippen LogP contribution in [0, 0.1) is 18.3 Å². The van der Waals surface area contributed by atoms with Gasteiger partial charge < -0.3 is 14.8 Å². The first-order valence-corrected chi connectivity index (χ1v) is 7.90. The van der Waals surface area contributed by atoms with E-state index in [9.17, 15) is 5.26 Å². The minimum Gasteiger partial charge on any atom is -0.497 e. The molecule has 0 fully saturated rings. The summed E-state index contributed by atoms with van der Waals surface area (Å²) in [6.07, 6.45) is 1.53. The van der Waals surface area contributed by atoms with Crippen LogP contribution >= 0.6 is 0 Å². The molecule has 0 bridgehead atoms. The Labute approximate surface area is 146 Å². The van der Waals surface area contributed by atoms with Crippen molar-refractivity contribution in [1.29, 1.82) is 5.26 Å². The first kappa shape index (κ1) is 16.5. The number of nitrogens with zero attached hydrogens (tertiary/aromatic N) is 3. The van der Waals surface area contributed by atoms with Crippen LogP contribution in [0.15, 0.2) is 36.5 Å². The molecule has 0 spiro atoms. The fourth-order valence-corrected chi connectivity index (χ4v) is 2.53. The molecule has 0 amide bonds. The van der Waals surface area contributed by atoms with Gasteiger partial charge in [-0.15, -0.1) is 0 Å². The lowest BCUT2D eigenvalue weighted by atomic mass is 10.1. The number of fused-ring (bicyclic) bond motifs is 1. The van der Waals surface area contributed by atoms with E-state index in [0.29, 0.717) is 29.3 Å². The Balaban J connectivity index is 2.12. The van der Waals surface area contributed by atoms with E-state index < -0.39 is 0 Å². The van der Waals surface area contributed by atoms with Gasteiger partial charge in [0.25, 0.3) is 0 Å². The Morgan fingerprint density at radius 2 is 2.00 bits per heavy atom. The lowest BCUT2D eigenvalue weighted by Gasteiger charge is -2.14. The highest BCUT2D eigenvalue weighted by molar-refractivity contribution is 5.94. The van der Waals surface area contributed by atoms with Gasteiger partial charge in [-0.1, -0.05) is 0 Å². The first-order valence-electron chi connectivity index (χ1n) is 7.90. The Kier molecular flexibility index (Phi) is 4.66. The maximum absolute atomic E-state index is 9.46. The van der Waals surface area contributed by atoms with Crippen molar-refractivity contribution >= 4 is 22.4 Å². The van der Waals surface area contributed by atoms with E-state index in [1.165, 1.54) is 6.20 Å². The highest BCUT2D eigenvalue weighted by Gasteiger charge is 2.13. The summed E-state index contributed by atoms with van der Waals surface area (Å²) in [6, 6.07) is 11.5. The number of nitrogens with one attached hydrogen (secondary N) is 1. The molecule has 0 aliphatic rings. The first-order chi connectivity index (χ1) is 12.2. The fraction of sp³-hybridized carbons (Fsp3) is 0.211. The maximum Gasteiger partial charge on any atom is 0.161 e. The second-order valence-corrected chi connectivity index (χ2v) is 5.39. The summed E-state index contributed by atoms with van der Waals surface area (Å²) in [5, 5.41) is 13.5. The summed E-state index contributed by atoms with van der Waals surface area (Å²) in [5.74, 6) is 1.45. The molecule has 0 unspecified atom stereocenters. The third-order valence-electron chi connectivity index (χ3n) is 3.78. The summed E-state index contributed by atoms with van der Waals surface area (Å²) < 4.78 is 10.8. The van der Waals surface area contributed by atoms with Gasteiger partial charge in [-0.3, -0.25) is 0 Å². The zero-order valence-electron chi connectivity index (χ0n) is 14.3. The predicted octanol–water partition coefficient (Wildman–Crippen LogP) is 3.96. The van der Waals surface area contributed by atoms with Gasteiger partial charge in [-0.2, -0.15) is 5.26 Å². The van der Waals surface area contributed by atoms with Crippen molar-refractivity contribution in [3.8, 4) is 17.6 Å². The number of ether oxygens (including phenoxy) is 2. The van der Waals surface area contributed by atoms with E-state index in [-0.39, 0.29) is 0 Å². The SMILES string of the molecule is CCOc1cc2c(Nc3ccc(OC)cc3)c(C#N)cnc2nc1C. The molecule has 25 heavy (non-hydrogen) atoms. The topological polar surface area (TPSA) is 80.1 Å². The molecular formula is C19H18N4O2. The number of nitriles is 1. The summed E-state index contributed by atoms with van der Waals surface area (Å²) in [5.41, 5.74) is 3.27. The van der Waals surface area contributed by atoms with Gasteiger partial charge in [0, 0.05) is 17.3 Å². The van der Waals surface area contributed by atoms with Crippen LogP contribution in [0.5, 0.6) is 11.5 Å². The Hall–Kier alpha value is -3.33. The standard InChI is InChI=1S/C19H18N4O2/c1-4-25-17-9-16-18(23-14-5-7-15(24-3)8-6-14)13(10-20)11-21-19(16)22-12(17)2/h5-9,11H,4H2,1-3H3,(H,21,22,23). The molecule has 0 atom stereocenters. The zero-order valence-corrected chi connectivity index (χ0v) is 14.3. The van der Waals surface area contributed by atoms with E-state index >= 15 is 0 Å². The summed E-state index contributed by atoms with van der Waals surface area (Å²) >= 11 is 0. The van der Waals surface area contributed by atoms with Crippen molar-refractivity contribution in [2.24, 2.45) is 0 Å². The van der Waals surface area contributed by atoms with Crippen molar-refractivity contribution in [3.63, 3.8) is 0 Å². The summed E-state index contributed by atoms with van der Waals surface area (Å²) in [6.45, 7) is 4.34. The maximum atomic E-state index is 9.46. The second kappa shape index (κ2) is 7.05. The molecular weight excluding hydrogens is 316 g/mol. The zero-order chi connectivity index (χ0) is 17.8. The van der Waals surface area contributed by atoms with Crippen LogP contribution < -0.4 is 14.8 Å². The molecule has 1 aromatic carbocycles. The smallest absolute Gasteiger partial charge is 0.161 e. The molecule has 6 heteroatoms. The third-order valence-corrected chi connectivity index (χ3v) is 3.78. The number of hydrogen-bond acceptors (Lipinski definition) is 6. The largest absolute Gasteiger partial charge is 0.497 e. The summed E-state index contributed by atoms with van der Waals surface area (Å²) in [4.78, 5) is 8.79. The monoisotopic (exact) mass is 334 g/mol. The van der Waals surface area contributed by atoms with Gasteiger partial charge in [0.05, 0.1) is 30.7 Å². The molecule has 0 radical (unpaired) electrons. The normalized spacial score (nSPS) is 10.3. The van der Waals surface area contributed by atoms with E-state index in [0.717, 1.165) is 22.5 Å². The number of methoxy groups -OCH3 is 1. The van der Waals surface area contributed by atoms with Gasteiger partial charge >= 0.3 is 0 Å². The van der Waals surface area contributed by atoms with Crippen LogP contribution in [0.2, 0.25) is 0 Å². The van der Waals surface area contributed by atoms with Crippen LogP contribution in [-0.4, -0.2) is 23.7 Å². The molecule has 0 saturated heterocycles. The van der Waals surface area contributed by atoms with Crippen LogP contribution in [0.3, 0.4) is 0 Å². The Morgan fingerprint density at radius 3 is 2.64 bits per heavy atom. The van der Waals surface area contributed by atoms with Crippen LogP contribution in [0.25, 0.3) is 11.0 Å². The molecule has 2 aromatic heterocycles. The minimum atomic E-state index is 0.441. The van der Waals surface area contributed by atoms with E-state index in [1.54, 1.807) is 7.11 Å². The van der Waals surface area contributed by atoms with E-state index in [1.807, 2.05) is 44.2 Å². The molecule has 3 rings (SSSR count). The Morgan fingerprint density at radius 1 is 1.24 bits per heavy atom. The number of rotatable bonds is 5. The van der Waals surface area contributed by atoms with Crippen molar-refractivity contribution in [1.82, 2.24) is 9.97 Å². The van der Waals surface area contributed by atoms with Gasteiger partial charge in [0.15, 0.2) is 5.65 Å². The van der Waals surface area contributed by atoms with Gasteiger partial charge in [-0.05, 0) is 44.2 Å². The Bertz CT molecular complexity index is 946. The fourth-order valence-electron chi connectivity index (χ4n) is 2.53. The van der Waals surface area contributed by atoms with Crippen molar-refractivity contribution in [2.45, 2.75) is 13.8 Å². The van der Waals surface area contributed by atoms with Gasteiger partial charge in [0.2, 0.25) is 0 Å². The van der Waals surface area contributed by atoms with Crippen LogP contribution in [-0.2, 0) is 0 Å². The number of anilines is 2. The lowest BCUT2D eigenvalue weighted by molar-refractivity contribution is 0.337. The minimum absolute atomic E-state index is 0.441. The van der Waals surface area contributed by atoms with Crippen molar-refractivity contribution < 1.29 is 9.47 Å². The highest BCUT2D eigenvalue weighted by atomic mass is 16.5. The molecule has 0 aliphatic heterocycles. The van der Waals surface area contributed by atoms with Crippen molar-refractivity contribution in [3.05, 3.63) is 47.8 Å². The summed E-state index contributed by atoms with van der Waals surface area (Å²) in [7, 11) is 1.62. The quantitative estimate of drug-likeness (QED) is 0.760. The van der Waals surface area contributed by atoms with Gasteiger partial charge in [0.1, 0.15) is 17.6 Å². The van der Waals surface area contributed by atoms with Crippen LogP contribution in [0.1, 0.15) is 18.2 Å². The molecule has 1 N–H and O–H groups in total. The van der Waals surface area contributed by atoms with E-state index in [4.69, 9.17) is 9.47 Å². The van der Waals surface area contributed by atoms with Gasteiger partial charge in [-0.25, -0.2) is 9.97 Å². The molecule has 3 aromatic rings. The molecule has 6 nitrogen and oxygen atoms in total. The predicted molar refractivity (Wildman–Crippen MR) is 96.4 cm³/mol. The van der Waals surface area contributed by atoms with E-state index in [2.05, 4.69) is 21.4 Å². The lowest BCUT2D eigenvalue weighted by Crippen LogP contribution is -2.01. The number of benzene rings is 1.